The van der Waals surface area contributed by atoms with Gasteiger partial charge < -0.3 is 15.2 Å². The summed E-state index contributed by atoms with van der Waals surface area (Å²) in [6, 6.07) is 0. The van der Waals surface area contributed by atoms with Gasteiger partial charge in [-0.05, 0) is 19.8 Å². The second-order valence-electron chi connectivity index (χ2n) is 3.95. The van der Waals surface area contributed by atoms with E-state index in [1.54, 1.807) is 13.1 Å². The number of H-pyrrole nitrogens is 1. The standard InChI is InChI=1S/C10H13N3O4/c1-5-4-11-13-8(5)12-9(14)6-2-3-7(17-6)10(15)16/h4,6-7H,2-3H2,1H3,(H,15,16)(H2,11,12,13,14). The molecule has 1 aromatic heterocycles. The maximum absolute atomic E-state index is 11.8. The normalized spacial score (nSPS) is 23.6. The highest BCUT2D eigenvalue weighted by Crippen LogP contribution is 2.21. The molecule has 0 aromatic carbocycles. The van der Waals surface area contributed by atoms with Gasteiger partial charge in [0.1, 0.15) is 11.9 Å². The topological polar surface area (TPSA) is 104 Å². The predicted molar refractivity (Wildman–Crippen MR) is 57.5 cm³/mol. The number of amides is 1. The van der Waals surface area contributed by atoms with Crippen LogP contribution in [-0.4, -0.2) is 39.4 Å². The van der Waals surface area contributed by atoms with Gasteiger partial charge in [0.15, 0.2) is 6.10 Å². The Balaban J connectivity index is 1.94. The number of ether oxygens (including phenoxy) is 1. The van der Waals surface area contributed by atoms with E-state index in [0.717, 1.165) is 5.56 Å². The van der Waals surface area contributed by atoms with E-state index in [1.807, 2.05) is 0 Å². The Morgan fingerprint density at radius 1 is 1.53 bits per heavy atom. The van der Waals surface area contributed by atoms with Crippen molar-refractivity contribution in [2.24, 2.45) is 0 Å². The Kier molecular flexibility index (Phi) is 3.10. The summed E-state index contributed by atoms with van der Waals surface area (Å²) in [5.74, 6) is -0.864. The summed E-state index contributed by atoms with van der Waals surface area (Å²) in [5.41, 5.74) is 0.811. The molecule has 3 N–H and O–H groups in total. The van der Waals surface area contributed by atoms with Crippen LogP contribution in [0.1, 0.15) is 18.4 Å². The van der Waals surface area contributed by atoms with Crippen LogP contribution < -0.4 is 5.32 Å². The number of aromatic nitrogens is 2. The number of carbonyl (C=O) groups is 2. The molecule has 0 saturated carbocycles. The van der Waals surface area contributed by atoms with Crippen molar-refractivity contribution in [1.29, 1.82) is 0 Å². The van der Waals surface area contributed by atoms with Crippen molar-refractivity contribution in [3.05, 3.63) is 11.8 Å². The molecule has 0 radical (unpaired) electrons. The zero-order valence-electron chi connectivity index (χ0n) is 9.27. The van der Waals surface area contributed by atoms with E-state index in [1.165, 1.54) is 0 Å². The molecule has 0 aliphatic carbocycles. The molecule has 1 aromatic rings. The third kappa shape index (κ3) is 2.44. The minimum absolute atomic E-state index is 0.346. The van der Waals surface area contributed by atoms with Crippen LogP contribution in [0.25, 0.3) is 0 Å². The van der Waals surface area contributed by atoms with Crippen LogP contribution in [0.3, 0.4) is 0 Å². The number of aryl methyl sites for hydroxylation is 1. The summed E-state index contributed by atoms with van der Waals surface area (Å²) in [4.78, 5) is 22.4. The molecule has 2 heterocycles. The van der Waals surface area contributed by atoms with E-state index < -0.39 is 18.2 Å². The lowest BCUT2D eigenvalue weighted by molar-refractivity contribution is -0.150. The van der Waals surface area contributed by atoms with Gasteiger partial charge in [0, 0.05) is 5.56 Å². The molecule has 7 nitrogen and oxygen atoms in total. The number of carboxylic acid groups (broad SMARTS) is 1. The number of nitrogens with one attached hydrogen (secondary N) is 2. The molecule has 2 unspecified atom stereocenters. The summed E-state index contributed by atoms with van der Waals surface area (Å²) >= 11 is 0. The largest absolute Gasteiger partial charge is 0.479 e. The molecule has 1 fully saturated rings. The third-order valence-electron chi connectivity index (χ3n) is 2.66. The molecule has 7 heteroatoms. The molecule has 1 saturated heterocycles. The van der Waals surface area contributed by atoms with Gasteiger partial charge in [-0.2, -0.15) is 5.10 Å². The Hall–Kier alpha value is -1.89. The first-order chi connectivity index (χ1) is 8.08. The maximum Gasteiger partial charge on any atom is 0.332 e. The highest BCUT2D eigenvalue weighted by molar-refractivity contribution is 5.94. The van der Waals surface area contributed by atoms with E-state index in [2.05, 4.69) is 15.5 Å². The Morgan fingerprint density at radius 3 is 2.76 bits per heavy atom. The number of anilines is 1. The zero-order valence-corrected chi connectivity index (χ0v) is 9.27. The fourth-order valence-electron chi connectivity index (χ4n) is 1.69. The van der Waals surface area contributed by atoms with Crippen molar-refractivity contribution in [3.8, 4) is 0 Å². The number of hydrogen-bond acceptors (Lipinski definition) is 4. The van der Waals surface area contributed by atoms with Gasteiger partial charge in [0.25, 0.3) is 5.91 Å². The summed E-state index contributed by atoms with van der Waals surface area (Å²) in [6.45, 7) is 1.80. The SMILES string of the molecule is Cc1cn[nH]c1NC(=O)C1CCC(C(=O)O)O1. The van der Waals surface area contributed by atoms with Crippen molar-refractivity contribution in [2.45, 2.75) is 32.0 Å². The first-order valence-electron chi connectivity index (χ1n) is 5.27. The summed E-state index contributed by atoms with van der Waals surface area (Å²) in [7, 11) is 0. The number of carboxylic acids is 1. The van der Waals surface area contributed by atoms with Crippen molar-refractivity contribution in [3.63, 3.8) is 0 Å². The quantitative estimate of drug-likeness (QED) is 0.703. The summed E-state index contributed by atoms with van der Waals surface area (Å²) < 4.78 is 5.13. The number of carbonyl (C=O) groups excluding carboxylic acids is 1. The molecule has 0 spiro atoms. The molecule has 1 amide bonds. The molecular weight excluding hydrogens is 226 g/mol. The van der Waals surface area contributed by atoms with Crippen molar-refractivity contribution in [2.75, 3.05) is 5.32 Å². The Bertz CT molecular complexity index is 443. The van der Waals surface area contributed by atoms with Crippen LogP contribution in [0.2, 0.25) is 0 Å². The lowest BCUT2D eigenvalue weighted by Gasteiger charge is -2.10. The second kappa shape index (κ2) is 4.54. The van der Waals surface area contributed by atoms with Gasteiger partial charge in [0.05, 0.1) is 6.20 Å². The fourth-order valence-corrected chi connectivity index (χ4v) is 1.69. The minimum atomic E-state index is -1.03. The van der Waals surface area contributed by atoms with Crippen molar-refractivity contribution >= 4 is 17.7 Å². The molecule has 17 heavy (non-hydrogen) atoms. The van der Waals surface area contributed by atoms with Crippen LogP contribution in [0.15, 0.2) is 6.20 Å². The molecule has 1 aliphatic heterocycles. The summed E-state index contributed by atoms with van der Waals surface area (Å²) in [6.07, 6.45) is 0.767. The summed E-state index contributed by atoms with van der Waals surface area (Å²) in [5, 5.41) is 17.8. The molecule has 0 bridgehead atoms. The first-order valence-corrected chi connectivity index (χ1v) is 5.27. The smallest absolute Gasteiger partial charge is 0.332 e. The number of nitrogens with zero attached hydrogens (tertiary/aromatic N) is 1. The molecule has 2 rings (SSSR count). The Morgan fingerprint density at radius 2 is 2.24 bits per heavy atom. The number of aliphatic carboxylic acids is 1. The average Bonchev–Trinajstić information content (AvgIpc) is 2.88. The monoisotopic (exact) mass is 239 g/mol. The third-order valence-corrected chi connectivity index (χ3v) is 2.66. The van der Waals surface area contributed by atoms with Gasteiger partial charge >= 0.3 is 5.97 Å². The van der Waals surface area contributed by atoms with E-state index in [9.17, 15) is 9.59 Å². The van der Waals surface area contributed by atoms with Gasteiger partial charge in [-0.25, -0.2) is 4.79 Å². The van der Waals surface area contributed by atoms with E-state index in [-0.39, 0.29) is 5.91 Å². The number of hydrogen-bond donors (Lipinski definition) is 3. The van der Waals surface area contributed by atoms with Gasteiger partial charge in [-0.1, -0.05) is 0 Å². The zero-order chi connectivity index (χ0) is 12.4. The fraction of sp³-hybridized carbons (Fsp3) is 0.500. The van der Waals surface area contributed by atoms with Crippen LogP contribution in [0.5, 0.6) is 0 Å². The molecular formula is C10H13N3O4. The predicted octanol–water partition coefficient (Wildman–Crippen LogP) is 0.289. The highest BCUT2D eigenvalue weighted by atomic mass is 16.5. The van der Waals surface area contributed by atoms with Crippen molar-refractivity contribution < 1.29 is 19.4 Å². The minimum Gasteiger partial charge on any atom is -0.479 e. The Labute approximate surface area is 97.2 Å². The molecule has 1 aliphatic rings. The lowest BCUT2D eigenvalue weighted by Crippen LogP contribution is -2.30. The number of aromatic amines is 1. The lowest BCUT2D eigenvalue weighted by atomic mass is 10.2. The second-order valence-corrected chi connectivity index (χ2v) is 3.95. The van der Waals surface area contributed by atoms with Crippen LogP contribution in [0.4, 0.5) is 5.82 Å². The van der Waals surface area contributed by atoms with E-state index in [0.29, 0.717) is 18.7 Å². The molecule has 92 valence electrons. The van der Waals surface area contributed by atoms with Crippen LogP contribution in [0, 0.1) is 6.92 Å². The highest BCUT2D eigenvalue weighted by Gasteiger charge is 2.34. The van der Waals surface area contributed by atoms with Crippen LogP contribution >= 0.6 is 0 Å². The number of rotatable bonds is 3. The molecule has 2 atom stereocenters. The van der Waals surface area contributed by atoms with Gasteiger partial charge in [-0.15, -0.1) is 0 Å². The average molecular weight is 239 g/mol. The van der Waals surface area contributed by atoms with Gasteiger partial charge in [0.2, 0.25) is 0 Å². The van der Waals surface area contributed by atoms with Crippen molar-refractivity contribution in [1.82, 2.24) is 10.2 Å². The van der Waals surface area contributed by atoms with E-state index >= 15 is 0 Å². The maximum atomic E-state index is 11.8. The van der Waals surface area contributed by atoms with E-state index in [4.69, 9.17) is 9.84 Å². The van der Waals surface area contributed by atoms with Crippen LogP contribution in [-0.2, 0) is 14.3 Å². The van der Waals surface area contributed by atoms with Gasteiger partial charge in [-0.3, -0.25) is 9.89 Å². The first kappa shape index (κ1) is 11.6.